The maximum Gasteiger partial charge on any atom is 2.00 e. The van der Waals surface area contributed by atoms with Gasteiger partial charge in [0, 0.05) is 12.5 Å². The Morgan fingerprint density at radius 3 is 1.94 bits per heavy atom. The summed E-state index contributed by atoms with van der Waals surface area (Å²) in [4.78, 5) is 13.8. The van der Waals surface area contributed by atoms with E-state index in [2.05, 4.69) is 50.0 Å². The first-order valence-corrected chi connectivity index (χ1v) is 11.7. The van der Waals surface area contributed by atoms with E-state index < -0.39 is 0 Å². The Balaban J connectivity index is 0.000000640. The molecule has 0 amide bonds. The van der Waals surface area contributed by atoms with Gasteiger partial charge in [-0.25, -0.2) is 0 Å². The molecule has 4 rings (SSSR count). The predicted octanol–water partition coefficient (Wildman–Crippen LogP) is 5.84. The zero-order chi connectivity index (χ0) is 24.2. The van der Waals surface area contributed by atoms with Crippen LogP contribution in [0, 0.1) is 63.7 Å². The van der Waals surface area contributed by atoms with Crippen molar-refractivity contribution in [3.05, 3.63) is 135 Å². The van der Waals surface area contributed by atoms with Crippen molar-refractivity contribution >= 4 is 11.4 Å². The van der Waals surface area contributed by atoms with E-state index in [0.29, 0.717) is 6.61 Å². The van der Waals surface area contributed by atoms with Crippen molar-refractivity contribution in [3.63, 3.8) is 0 Å². The number of allylic oxidation sites excluding steroid dienone is 8. The smallest absolute Gasteiger partial charge is 0.494 e. The molecule has 0 spiro atoms. The van der Waals surface area contributed by atoms with Gasteiger partial charge in [0.05, 0.1) is 6.61 Å². The first-order valence-electron chi connectivity index (χ1n) is 11.7. The minimum Gasteiger partial charge on any atom is -0.494 e. The van der Waals surface area contributed by atoms with E-state index in [4.69, 9.17) is 4.74 Å². The fourth-order valence-electron chi connectivity index (χ4n) is 3.72. The van der Waals surface area contributed by atoms with Crippen molar-refractivity contribution < 1.29 is 26.6 Å². The van der Waals surface area contributed by atoms with Crippen molar-refractivity contribution in [1.29, 1.82) is 0 Å². The van der Waals surface area contributed by atoms with Gasteiger partial charge in [-0.1, -0.05) is 30.4 Å². The van der Waals surface area contributed by atoms with Crippen LogP contribution in [0.25, 0.3) is 5.57 Å². The molecule has 4 heteroatoms. The van der Waals surface area contributed by atoms with E-state index in [1.807, 2.05) is 76.2 Å². The van der Waals surface area contributed by atoms with Crippen LogP contribution < -0.4 is 4.74 Å². The molecule has 0 unspecified atom stereocenters. The van der Waals surface area contributed by atoms with Gasteiger partial charge in [-0.05, 0) is 132 Å². The second-order valence-corrected chi connectivity index (χ2v) is 8.27. The van der Waals surface area contributed by atoms with Crippen molar-refractivity contribution in [2.24, 2.45) is 0 Å². The van der Waals surface area contributed by atoms with Crippen LogP contribution in [0.4, 0.5) is 0 Å². The fourth-order valence-corrected chi connectivity index (χ4v) is 3.72. The van der Waals surface area contributed by atoms with Gasteiger partial charge in [0.2, 0.25) is 0 Å². The SMILES string of the molecule is C/C=C(/[C]1[CH][CH][CH][CH]1)C(=C1C=CC(=O)C=C1)c1ccc(OCCCN(C)C)cc1.[CH]1[CH][CH][CH][CH]1.[Fe+2]. The summed E-state index contributed by atoms with van der Waals surface area (Å²) < 4.78 is 5.88. The van der Waals surface area contributed by atoms with Crippen molar-refractivity contribution in [3.8, 4) is 5.75 Å². The van der Waals surface area contributed by atoms with Gasteiger partial charge in [-0.2, -0.15) is 0 Å². The Bertz CT molecular complexity index is 873. The van der Waals surface area contributed by atoms with Crippen LogP contribution in [-0.2, 0) is 21.9 Å². The second kappa shape index (κ2) is 16.0. The number of ether oxygens (including phenoxy) is 1. The molecule has 3 aliphatic carbocycles. The van der Waals surface area contributed by atoms with E-state index in [9.17, 15) is 4.79 Å². The summed E-state index contributed by atoms with van der Waals surface area (Å²) in [6.45, 7) is 3.76. The fraction of sp³-hybridized carbons (Fsp3) is 0.194. The van der Waals surface area contributed by atoms with Gasteiger partial charge in [0.15, 0.2) is 5.78 Å². The van der Waals surface area contributed by atoms with E-state index >= 15 is 0 Å². The number of nitrogens with zero attached hydrogens (tertiary/aromatic N) is 1. The summed E-state index contributed by atoms with van der Waals surface area (Å²) in [5, 5.41) is 0. The Hall–Kier alpha value is -1.87. The Morgan fingerprint density at radius 1 is 0.857 bits per heavy atom. The van der Waals surface area contributed by atoms with Crippen LogP contribution in [0.3, 0.4) is 0 Å². The van der Waals surface area contributed by atoms with Crippen LogP contribution in [0.2, 0.25) is 0 Å². The van der Waals surface area contributed by atoms with Crippen LogP contribution in [0.1, 0.15) is 18.9 Å². The molecule has 3 aliphatic rings. The number of hydrogen-bond donors (Lipinski definition) is 0. The van der Waals surface area contributed by atoms with Crippen molar-refractivity contribution in [2.45, 2.75) is 13.3 Å². The van der Waals surface area contributed by atoms with Gasteiger partial charge in [0.1, 0.15) is 5.75 Å². The molecule has 0 heterocycles. The molecule has 0 aliphatic heterocycles. The van der Waals surface area contributed by atoms with Crippen molar-refractivity contribution in [2.75, 3.05) is 27.2 Å². The number of rotatable bonds is 8. The topological polar surface area (TPSA) is 29.5 Å². The standard InChI is InChI=1S/C26H28NO2.C5H5.Fe/c1-4-25(20-8-5-6-9-20)26(21-10-14-23(28)15-11-21)22-12-16-24(17-13-22)29-19-7-18-27(2)3;1-2-4-5-3-1;/h4-6,8-17H,7,18-19H2,1-3H3;1-5H;/q;;+2/b25-4-;;. The van der Waals surface area contributed by atoms with Crippen LogP contribution >= 0.6 is 0 Å². The summed E-state index contributed by atoms with van der Waals surface area (Å²) in [5.41, 5.74) is 4.38. The summed E-state index contributed by atoms with van der Waals surface area (Å²) in [6, 6.07) is 8.22. The molecule has 180 valence electrons. The Morgan fingerprint density at radius 2 is 1.43 bits per heavy atom. The van der Waals surface area contributed by atoms with Gasteiger partial charge >= 0.3 is 17.1 Å². The van der Waals surface area contributed by atoms with Crippen molar-refractivity contribution in [1.82, 2.24) is 4.90 Å². The average Bonchev–Trinajstić information content (AvgIpc) is 3.59. The zero-order valence-electron chi connectivity index (χ0n) is 20.6. The molecule has 0 aromatic heterocycles. The van der Waals surface area contributed by atoms with E-state index in [-0.39, 0.29) is 22.9 Å². The van der Waals surface area contributed by atoms with E-state index in [0.717, 1.165) is 46.9 Å². The van der Waals surface area contributed by atoms with Crippen LogP contribution in [0.15, 0.2) is 65.8 Å². The normalized spacial score (nSPS) is 17.9. The van der Waals surface area contributed by atoms with Gasteiger partial charge in [0.25, 0.3) is 0 Å². The monoisotopic (exact) mass is 507 g/mol. The molecule has 0 N–H and O–H groups in total. The van der Waals surface area contributed by atoms with Gasteiger partial charge < -0.3 is 9.64 Å². The number of ketones is 1. The molecule has 10 radical (unpaired) electrons. The summed E-state index contributed by atoms with van der Waals surface area (Å²) in [5.74, 6) is 2.06. The predicted molar refractivity (Wildman–Crippen MR) is 141 cm³/mol. The third-order valence-corrected chi connectivity index (χ3v) is 5.39. The van der Waals surface area contributed by atoms with Gasteiger partial charge in [-0.15, -0.1) is 0 Å². The third-order valence-electron chi connectivity index (χ3n) is 5.39. The average molecular weight is 507 g/mol. The van der Waals surface area contributed by atoms with E-state index in [1.165, 1.54) is 0 Å². The molecule has 0 bridgehead atoms. The van der Waals surface area contributed by atoms with Crippen LogP contribution in [0.5, 0.6) is 5.75 Å². The summed E-state index contributed by atoms with van der Waals surface area (Å²) in [6.07, 6.45) is 28.5. The number of carbonyl (C=O) groups is 1. The maximum atomic E-state index is 11.6. The maximum absolute atomic E-state index is 11.6. The minimum atomic E-state index is 0. The molecular weight excluding hydrogens is 474 g/mol. The molecule has 1 aromatic carbocycles. The Kier molecular flexibility index (Phi) is 13.4. The first-order chi connectivity index (χ1) is 16.6. The Labute approximate surface area is 223 Å². The molecule has 0 atom stereocenters. The molecule has 2 fully saturated rings. The zero-order valence-corrected chi connectivity index (χ0v) is 21.7. The molecule has 3 nitrogen and oxygen atoms in total. The molecule has 1 aromatic rings. The quantitative estimate of drug-likeness (QED) is 0.327. The minimum absolute atomic E-state index is 0. The first kappa shape index (κ1) is 29.4. The molecule has 0 saturated heterocycles. The van der Waals surface area contributed by atoms with Gasteiger partial charge in [-0.3, -0.25) is 4.79 Å². The largest absolute Gasteiger partial charge is 2.00 e. The van der Waals surface area contributed by atoms with E-state index in [1.54, 1.807) is 12.2 Å². The molecule has 35 heavy (non-hydrogen) atoms. The van der Waals surface area contributed by atoms with Crippen LogP contribution in [-0.4, -0.2) is 37.9 Å². The molecule has 2 saturated carbocycles. The summed E-state index contributed by atoms with van der Waals surface area (Å²) >= 11 is 0. The second-order valence-electron chi connectivity index (χ2n) is 8.27. The number of hydrogen-bond acceptors (Lipinski definition) is 3. The molecular formula is C31H33FeNO2+2. The number of carbonyl (C=O) groups excluding carboxylic acids is 1. The number of benzene rings is 1. The third kappa shape index (κ3) is 9.60. The summed E-state index contributed by atoms with van der Waals surface area (Å²) in [7, 11) is 4.13.